The van der Waals surface area contributed by atoms with Crippen LogP contribution in [0.25, 0.3) is 11.4 Å². The van der Waals surface area contributed by atoms with Gasteiger partial charge in [-0.3, -0.25) is 14.7 Å². The third-order valence-corrected chi connectivity index (χ3v) is 4.26. The van der Waals surface area contributed by atoms with E-state index in [1.165, 1.54) is 0 Å². The average Bonchev–Trinajstić information content (AvgIpc) is 3.01. The van der Waals surface area contributed by atoms with Gasteiger partial charge in [0, 0.05) is 37.5 Å². The highest BCUT2D eigenvalue weighted by molar-refractivity contribution is 5.53. The average molecular weight is 322 g/mol. The molecule has 1 N–H and O–H groups in total. The predicted octanol–water partition coefficient (Wildman–Crippen LogP) is 2.29. The van der Waals surface area contributed by atoms with E-state index in [4.69, 9.17) is 4.42 Å². The number of furan rings is 1. The van der Waals surface area contributed by atoms with Crippen molar-refractivity contribution < 1.29 is 4.42 Å². The van der Waals surface area contributed by atoms with Crippen molar-refractivity contribution in [2.45, 2.75) is 26.4 Å². The molecule has 3 aromatic heterocycles. The molecule has 4 rings (SSSR count). The number of hydrogen-bond acceptors (Lipinski definition) is 5. The smallest absolute Gasteiger partial charge is 0.255 e. The molecule has 0 bridgehead atoms. The van der Waals surface area contributed by atoms with Gasteiger partial charge in [-0.15, -0.1) is 0 Å². The van der Waals surface area contributed by atoms with Crippen LogP contribution in [-0.4, -0.2) is 26.4 Å². The van der Waals surface area contributed by atoms with Crippen molar-refractivity contribution in [1.29, 1.82) is 0 Å². The quantitative estimate of drug-likeness (QED) is 0.801. The molecule has 122 valence electrons. The van der Waals surface area contributed by atoms with Gasteiger partial charge in [0.1, 0.15) is 17.3 Å². The molecule has 6 nitrogen and oxygen atoms in total. The van der Waals surface area contributed by atoms with E-state index in [-0.39, 0.29) is 5.56 Å². The second-order valence-electron chi connectivity index (χ2n) is 6.05. The van der Waals surface area contributed by atoms with Gasteiger partial charge in [0.05, 0.1) is 17.8 Å². The Hall–Kier alpha value is -2.73. The third kappa shape index (κ3) is 2.88. The largest absolute Gasteiger partial charge is 0.465 e. The topological polar surface area (TPSA) is 75.0 Å². The summed E-state index contributed by atoms with van der Waals surface area (Å²) in [5.41, 5.74) is 2.38. The molecule has 0 saturated heterocycles. The number of hydrogen-bond donors (Lipinski definition) is 1. The zero-order valence-corrected chi connectivity index (χ0v) is 13.5. The van der Waals surface area contributed by atoms with Gasteiger partial charge in [0.25, 0.3) is 5.56 Å². The fraction of sp³-hybridized carbons (Fsp3) is 0.278. The second kappa shape index (κ2) is 6.05. The molecule has 1 aliphatic heterocycles. The SMILES string of the molecule is Cc1ccc(CN2CCc3nc(-c4cccnc4)[nH]c(=O)c3C2)o1. The molecule has 4 heterocycles. The molecule has 0 amide bonds. The van der Waals surface area contributed by atoms with Gasteiger partial charge in [0.15, 0.2) is 0 Å². The minimum atomic E-state index is -0.0702. The highest BCUT2D eigenvalue weighted by atomic mass is 16.3. The number of nitrogens with one attached hydrogen (secondary N) is 1. The summed E-state index contributed by atoms with van der Waals surface area (Å²) in [7, 11) is 0. The molecular weight excluding hydrogens is 304 g/mol. The number of pyridine rings is 1. The maximum atomic E-state index is 12.5. The Kier molecular flexibility index (Phi) is 3.74. The lowest BCUT2D eigenvalue weighted by atomic mass is 10.1. The summed E-state index contributed by atoms with van der Waals surface area (Å²) in [4.78, 5) is 26.3. The van der Waals surface area contributed by atoms with E-state index in [0.717, 1.165) is 41.3 Å². The summed E-state index contributed by atoms with van der Waals surface area (Å²) in [6.45, 7) is 4.08. The summed E-state index contributed by atoms with van der Waals surface area (Å²) in [6, 6.07) is 7.68. The highest BCUT2D eigenvalue weighted by Gasteiger charge is 2.22. The lowest BCUT2D eigenvalue weighted by Gasteiger charge is -2.26. The fourth-order valence-corrected chi connectivity index (χ4v) is 3.05. The van der Waals surface area contributed by atoms with Gasteiger partial charge in [-0.1, -0.05) is 0 Å². The maximum Gasteiger partial charge on any atom is 0.255 e. The first-order valence-electron chi connectivity index (χ1n) is 7.99. The molecule has 0 atom stereocenters. The van der Waals surface area contributed by atoms with Crippen molar-refractivity contribution in [3.05, 3.63) is 69.8 Å². The molecule has 0 aliphatic carbocycles. The zero-order valence-electron chi connectivity index (χ0n) is 13.5. The van der Waals surface area contributed by atoms with Gasteiger partial charge in [-0.2, -0.15) is 0 Å². The van der Waals surface area contributed by atoms with Crippen LogP contribution in [0.4, 0.5) is 0 Å². The van der Waals surface area contributed by atoms with Crippen LogP contribution in [-0.2, 0) is 19.5 Å². The Balaban J connectivity index is 1.59. The van der Waals surface area contributed by atoms with Crippen LogP contribution >= 0.6 is 0 Å². The molecule has 0 aromatic carbocycles. The summed E-state index contributed by atoms with van der Waals surface area (Å²) < 4.78 is 5.63. The van der Waals surface area contributed by atoms with Gasteiger partial charge in [0.2, 0.25) is 0 Å². The fourth-order valence-electron chi connectivity index (χ4n) is 3.05. The molecule has 0 fully saturated rings. The van der Waals surface area contributed by atoms with Crippen LogP contribution in [0.5, 0.6) is 0 Å². The number of aromatic amines is 1. The number of aromatic nitrogens is 3. The third-order valence-electron chi connectivity index (χ3n) is 4.26. The number of aryl methyl sites for hydroxylation is 1. The Morgan fingerprint density at radius 1 is 1.33 bits per heavy atom. The van der Waals surface area contributed by atoms with Crippen LogP contribution in [0, 0.1) is 6.92 Å². The van der Waals surface area contributed by atoms with Gasteiger partial charge in [-0.05, 0) is 31.2 Å². The zero-order chi connectivity index (χ0) is 16.5. The normalized spacial score (nSPS) is 14.5. The Bertz CT molecular complexity index is 914. The van der Waals surface area contributed by atoms with Crippen molar-refractivity contribution in [3.8, 4) is 11.4 Å². The van der Waals surface area contributed by atoms with E-state index >= 15 is 0 Å². The molecule has 24 heavy (non-hydrogen) atoms. The van der Waals surface area contributed by atoms with Crippen molar-refractivity contribution in [1.82, 2.24) is 19.9 Å². The minimum Gasteiger partial charge on any atom is -0.465 e. The van der Waals surface area contributed by atoms with Gasteiger partial charge in [-0.25, -0.2) is 4.98 Å². The molecule has 0 saturated carbocycles. The first-order valence-corrected chi connectivity index (χ1v) is 7.99. The molecule has 0 unspecified atom stereocenters. The monoisotopic (exact) mass is 322 g/mol. The molecule has 1 aliphatic rings. The maximum absolute atomic E-state index is 12.5. The number of nitrogens with zero attached hydrogens (tertiary/aromatic N) is 3. The van der Waals surface area contributed by atoms with Crippen molar-refractivity contribution in [3.63, 3.8) is 0 Å². The number of fused-ring (bicyclic) bond motifs is 1. The van der Waals surface area contributed by atoms with Crippen LogP contribution in [0.3, 0.4) is 0 Å². The molecule has 0 spiro atoms. The van der Waals surface area contributed by atoms with E-state index < -0.39 is 0 Å². The van der Waals surface area contributed by atoms with Crippen LogP contribution in [0.15, 0.2) is 45.9 Å². The van der Waals surface area contributed by atoms with E-state index in [1.54, 1.807) is 12.4 Å². The first kappa shape index (κ1) is 14.8. The first-order chi connectivity index (χ1) is 11.7. The van der Waals surface area contributed by atoms with Crippen LogP contribution < -0.4 is 5.56 Å². The predicted molar refractivity (Wildman–Crippen MR) is 89.4 cm³/mol. The molecule has 0 radical (unpaired) electrons. The lowest BCUT2D eigenvalue weighted by Crippen LogP contribution is -2.35. The summed E-state index contributed by atoms with van der Waals surface area (Å²) in [6.07, 6.45) is 4.17. The van der Waals surface area contributed by atoms with Crippen molar-refractivity contribution >= 4 is 0 Å². The van der Waals surface area contributed by atoms with E-state index in [9.17, 15) is 4.79 Å². The highest BCUT2D eigenvalue weighted by Crippen LogP contribution is 2.20. The number of H-pyrrole nitrogens is 1. The van der Waals surface area contributed by atoms with E-state index in [0.29, 0.717) is 18.9 Å². The summed E-state index contributed by atoms with van der Waals surface area (Å²) in [5.74, 6) is 2.41. The molecule has 6 heteroatoms. The van der Waals surface area contributed by atoms with Crippen LogP contribution in [0.2, 0.25) is 0 Å². The Morgan fingerprint density at radius 3 is 3.00 bits per heavy atom. The number of rotatable bonds is 3. The second-order valence-corrected chi connectivity index (χ2v) is 6.05. The molecule has 3 aromatic rings. The Morgan fingerprint density at radius 2 is 2.25 bits per heavy atom. The summed E-state index contributed by atoms with van der Waals surface area (Å²) >= 11 is 0. The standard InChI is InChI=1S/C18H18N4O2/c1-12-4-5-14(24-12)10-22-8-6-16-15(11-22)18(23)21-17(20-16)13-3-2-7-19-9-13/h2-5,7,9H,6,8,10-11H2,1H3,(H,20,21,23). The Labute approximate surface area is 139 Å². The van der Waals surface area contributed by atoms with Crippen molar-refractivity contribution in [2.24, 2.45) is 0 Å². The van der Waals surface area contributed by atoms with Gasteiger partial charge < -0.3 is 9.40 Å². The lowest BCUT2D eigenvalue weighted by molar-refractivity contribution is 0.221. The van der Waals surface area contributed by atoms with Crippen molar-refractivity contribution in [2.75, 3.05) is 6.54 Å². The molecular formula is C18H18N4O2. The van der Waals surface area contributed by atoms with Crippen LogP contribution in [0.1, 0.15) is 22.8 Å². The minimum absolute atomic E-state index is 0.0702. The van der Waals surface area contributed by atoms with E-state index in [1.807, 2.05) is 31.2 Å². The summed E-state index contributed by atoms with van der Waals surface area (Å²) in [5, 5.41) is 0. The van der Waals surface area contributed by atoms with Gasteiger partial charge >= 0.3 is 0 Å². The van der Waals surface area contributed by atoms with E-state index in [2.05, 4.69) is 19.9 Å².